The fourth-order valence-corrected chi connectivity index (χ4v) is 3.02. The largest absolute Gasteiger partial charge is 0.348 e. The van der Waals surface area contributed by atoms with Crippen molar-refractivity contribution in [2.24, 2.45) is 5.92 Å². The Morgan fingerprint density at radius 3 is 2.87 bits per heavy atom. The number of hydrogen-bond acceptors (Lipinski definition) is 2. The first-order valence-electron chi connectivity index (χ1n) is 5.84. The van der Waals surface area contributed by atoms with Gasteiger partial charge in [-0.1, -0.05) is 6.08 Å². The Balaban J connectivity index is 1.96. The molecule has 3 nitrogen and oxygen atoms in total. The molecule has 3 rings (SSSR count). The normalized spacial score (nSPS) is 36.0. The van der Waals surface area contributed by atoms with Crippen molar-refractivity contribution < 1.29 is 4.79 Å². The van der Waals surface area contributed by atoms with Crippen LogP contribution in [0.25, 0.3) is 0 Å². The molecule has 3 fully saturated rings. The van der Waals surface area contributed by atoms with Crippen molar-refractivity contribution in [2.75, 3.05) is 13.6 Å². The highest BCUT2D eigenvalue weighted by Crippen LogP contribution is 2.34. The molecule has 3 heteroatoms. The summed E-state index contributed by atoms with van der Waals surface area (Å²) >= 11 is 0. The standard InChI is InChI=1S/C12H20N2O/c1-3-4-12(15)13-10-7-9-5-6-11(10)14(2)8-9/h3-4,9-11H,5-8H2,1-2H3,(H,13,15)/b4-3+. The summed E-state index contributed by atoms with van der Waals surface area (Å²) in [5, 5.41) is 3.11. The summed E-state index contributed by atoms with van der Waals surface area (Å²) in [5.41, 5.74) is 0. The van der Waals surface area contributed by atoms with Gasteiger partial charge < -0.3 is 10.2 Å². The molecular formula is C12H20N2O. The summed E-state index contributed by atoms with van der Waals surface area (Å²) in [6.45, 7) is 3.08. The Hall–Kier alpha value is -0.830. The van der Waals surface area contributed by atoms with Crippen molar-refractivity contribution in [3.05, 3.63) is 12.2 Å². The van der Waals surface area contributed by atoms with Crippen molar-refractivity contribution in [1.82, 2.24) is 10.2 Å². The third-order valence-corrected chi connectivity index (χ3v) is 3.68. The molecule has 2 heterocycles. The highest BCUT2D eigenvalue weighted by Gasteiger charge is 2.39. The Morgan fingerprint density at radius 1 is 1.47 bits per heavy atom. The first kappa shape index (κ1) is 10.7. The Morgan fingerprint density at radius 2 is 2.27 bits per heavy atom. The van der Waals surface area contributed by atoms with E-state index in [4.69, 9.17) is 0 Å². The monoisotopic (exact) mass is 208 g/mol. The van der Waals surface area contributed by atoms with E-state index in [1.54, 1.807) is 12.2 Å². The number of carbonyl (C=O) groups is 1. The molecule has 1 saturated carbocycles. The highest BCUT2D eigenvalue weighted by molar-refractivity contribution is 5.87. The van der Waals surface area contributed by atoms with Crippen molar-refractivity contribution in [2.45, 2.75) is 38.3 Å². The maximum atomic E-state index is 11.5. The Kier molecular flexibility index (Phi) is 3.10. The lowest BCUT2D eigenvalue weighted by molar-refractivity contribution is -0.118. The van der Waals surface area contributed by atoms with Gasteiger partial charge in [0.05, 0.1) is 0 Å². The first-order valence-corrected chi connectivity index (χ1v) is 5.84. The van der Waals surface area contributed by atoms with E-state index in [0.717, 1.165) is 12.3 Å². The smallest absolute Gasteiger partial charge is 0.243 e. The molecule has 0 spiro atoms. The number of nitrogens with zero attached hydrogens (tertiary/aromatic N) is 1. The summed E-state index contributed by atoms with van der Waals surface area (Å²) in [7, 11) is 2.17. The van der Waals surface area contributed by atoms with Gasteiger partial charge in [-0.2, -0.15) is 0 Å². The van der Waals surface area contributed by atoms with Gasteiger partial charge in [0, 0.05) is 18.6 Å². The maximum absolute atomic E-state index is 11.5. The van der Waals surface area contributed by atoms with Crippen LogP contribution in [0.4, 0.5) is 0 Å². The van der Waals surface area contributed by atoms with E-state index in [1.807, 2.05) is 6.92 Å². The number of rotatable bonds is 2. The van der Waals surface area contributed by atoms with Crippen LogP contribution in [-0.2, 0) is 4.79 Å². The molecule has 84 valence electrons. The molecule has 1 aliphatic carbocycles. The molecule has 0 aromatic carbocycles. The van der Waals surface area contributed by atoms with E-state index in [-0.39, 0.29) is 5.91 Å². The molecule has 0 aromatic rings. The Labute approximate surface area is 91.5 Å². The van der Waals surface area contributed by atoms with E-state index >= 15 is 0 Å². The van der Waals surface area contributed by atoms with E-state index < -0.39 is 0 Å². The summed E-state index contributed by atoms with van der Waals surface area (Å²) in [4.78, 5) is 13.9. The van der Waals surface area contributed by atoms with Gasteiger partial charge in [0.1, 0.15) is 0 Å². The summed E-state index contributed by atoms with van der Waals surface area (Å²) in [6, 6.07) is 0.926. The second kappa shape index (κ2) is 4.35. The van der Waals surface area contributed by atoms with Crippen molar-refractivity contribution >= 4 is 5.91 Å². The third kappa shape index (κ3) is 2.23. The minimum Gasteiger partial charge on any atom is -0.348 e. The van der Waals surface area contributed by atoms with Crippen LogP contribution in [-0.4, -0.2) is 36.5 Å². The van der Waals surface area contributed by atoms with Gasteiger partial charge in [0.15, 0.2) is 0 Å². The molecule has 2 saturated heterocycles. The molecule has 2 bridgehead atoms. The van der Waals surface area contributed by atoms with E-state index in [0.29, 0.717) is 12.1 Å². The lowest BCUT2D eigenvalue weighted by Crippen LogP contribution is -2.59. The summed E-state index contributed by atoms with van der Waals surface area (Å²) in [6.07, 6.45) is 7.15. The van der Waals surface area contributed by atoms with Gasteiger partial charge >= 0.3 is 0 Å². The van der Waals surface area contributed by atoms with Crippen LogP contribution in [0.3, 0.4) is 0 Å². The van der Waals surface area contributed by atoms with Crippen LogP contribution in [0.5, 0.6) is 0 Å². The molecule has 0 aromatic heterocycles. The number of fused-ring (bicyclic) bond motifs is 3. The number of nitrogens with one attached hydrogen (secondary N) is 1. The van der Waals surface area contributed by atoms with Gasteiger partial charge in [-0.3, -0.25) is 4.79 Å². The fourth-order valence-electron chi connectivity index (χ4n) is 3.02. The van der Waals surface area contributed by atoms with Gasteiger partial charge in [0.25, 0.3) is 0 Å². The minimum atomic E-state index is 0.0587. The molecule has 3 atom stereocenters. The molecule has 0 radical (unpaired) electrons. The lowest BCUT2D eigenvalue weighted by Gasteiger charge is -2.48. The van der Waals surface area contributed by atoms with Crippen LogP contribution in [0.1, 0.15) is 26.2 Å². The zero-order valence-electron chi connectivity index (χ0n) is 9.57. The third-order valence-electron chi connectivity index (χ3n) is 3.68. The van der Waals surface area contributed by atoms with E-state index in [2.05, 4.69) is 17.3 Å². The van der Waals surface area contributed by atoms with Crippen LogP contribution >= 0.6 is 0 Å². The first-order chi connectivity index (χ1) is 7.20. The van der Waals surface area contributed by atoms with Crippen molar-refractivity contribution in [3.8, 4) is 0 Å². The summed E-state index contributed by atoms with van der Waals surface area (Å²) < 4.78 is 0. The SMILES string of the molecule is C/C=C/C(=O)NC1CC2CCC1N(C)C2. The van der Waals surface area contributed by atoms with Crippen LogP contribution in [0.15, 0.2) is 12.2 Å². The van der Waals surface area contributed by atoms with Crippen molar-refractivity contribution in [3.63, 3.8) is 0 Å². The van der Waals surface area contributed by atoms with Crippen molar-refractivity contribution in [1.29, 1.82) is 0 Å². The number of likely N-dealkylation sites (N-methyl/N-ethyl adjacent to an activating group) is 1. The van der Waals surface area contributed by atoms with E-state index in [1.165, 1.54) is 19.4 Å². The van der Waals surface area contributed by atoms with E-state index in [9.17, 15) is 4.79 Å². The average Bonchev–Trinajstić information content (AvgIpc) is 2.18. The molecule has 15 heavy (non-hydrogen) atoms. The molecule has 3 unspecified atom stereocenters. The zero-order valence-corrected chi connectivity index (χ0v) is 9.57. The molecule has 1 amide bonds. The second-order valence-corrected chi connectivity index (χ2v) is 4.80. The molecule has 3 aliphatic rings. The van der Waals surface area contributed by atoms with Gasteiger partial charge in [-0.15, -0.1) is 0 Å². The summed E-state index contributed by atoms with van der Waals surface area (Å²) in [5.74, 6) is 0.847. The van der Waals surface area contributed by atoms with Crippen LogP contribution in [0.2, 0.25) is 0 Å². The number of hydrogen-bond donors (Lipinski definition) is 1. The lowest BCUT2D eigenvalue weighted by atomic mass is 9.77. The van der Waals surface area contributed by atoms with Crippen LogP contribution < -0.4 is 5.32 Å². The van der Waals surface area contributed by atoms with Gasteiger partial charge in [-0.25, -0.2) is 0 Å². The second-order valence-electron chi connectivity index (χ2n) is 4.80. The topological polar surface area (TPSA) is 32.3 Å². The highest BCUT2D eigenvalue weighted by atomic mass is 16.1. The fraction of sp³-hybridized carbons (Fsp3) is 0.750. The molecule has 1 N–H and O–H groups in total. The molecular weight excluding hydrogens is 188 g/mol. The number of allylic oxidation sites excluding steroid dienone is 1. The quantitative estimate of drug-likeness (QED) is 0.691. The number of carbonyl (C=O) groups excluding carboxylic acids is 1. The molecule has 2 aliphatic heterocycles. The zero-order chi connectivity index (χ0) is 10.8. The maximum Gasteiger partial charge on any atom is 0.243 e. The Bertz CT molecular complexity index is 275. The number of amides is 1. The predicted molar refractivity (Wildman–Crippen MR) is 60.5 cm³/mol. The van der Waals surface area contributed by atoms with Gasteiger partial charge in [-0.05, 0) is 45.2 Å². The van der Waals surface area contributed by atoms with Crippen LogP contribution in [0, 0.1) is 5.92 Å². The minimum absolute atomic E-state index is 0.0587. The number of piperidine rings is 2. The van der Waals surface area contributed by atoms with Gasteiger partial charge in [0.2, 0.25) is 5.91 Å². The predicted octanol–water partition coefficient (Wildman–Crippen LogP) is 1.16. The average molecular weight is 208 g/mol.